The van der Waals surface area contributed by atoms with Crippen molar-refractivity contribution in [1.29, 1.82) is 0 Å². The zero-order valence-electron chi connectivity index (χ0n) is 44.3. The number of carbonyl (C=O) groups excluding carboxylic acids is 3. The maximum atomic E-state index is 12.8. The topological polar surface area (TPSA) is 78.9 Å². The summed E-state index contributed by atoms with van der Waals surface area (Å²) in [5.74, 6) is -0.943. The second-order valence-electron chi connectivity index (χ2n) is 18.6. The number of rotatable bonds is 50. The molecule has 1 unspecified atom stereocenters. The van der Waals surface area contributed by atoms with E-state index < -0.39 is 6.10 Å². The third-order valence-electron chi connectivity index (χ3n) is 11.9. The van der Waals surface area contributed by atoms with Crippen molar-refractivity contribution in [2.24, 2.45) is 0 Å². The Kier molecular flexibility index (Phi) is 52.9. The lowest BCUT2D eigenvalue weighted by Gasteiger charge is -2.18. The molecular formula is C62H104O6. The lowest BCUT2D eigenvalue weighted by atomic mass is 10.1. The third kappa shape index (κ3) is 53.3. The molecule has 0 aromatic rings. The summed E-state index contributed by atoms with van der Waals surface area (Å²) >= 11 is 0. The SMILES string of the molecule is CC\C=C/C=C\C=C/CCCCCCCC(=O)OCC(COC(=O)CCCCCCCCC/C=C\CCCCCCCCCC)OC(=O)CCCCCCC\C=C/C=C\C=C/C=C\CCCCC. The fourth-order valence-corrected chi connectivity index (χ4v) is 7.68. The summed E-state index contributed by atoms with van der Waals surface area (Å²) in [5, 5.41) is 0. The van der Waals surface area contributed by atoms with Gasteiger partial charge in [0.2, 0.25) is 0 Å². The van der Waals surface area contributed by atoms with Crippen LogP contribution in [0, 0.1) is 0 Å². The normalized spacial score (nSPS) is 12.8. The number of allylic oxidation sites excluding steroid dienone is 16. The summed E-state index contributed by atoms with van der Waals surface area (Å²) in [4.78, 5) is 38.1. The minimum Gasteiger partial charge on any atom is -0.462 e. The molecule has 0 aliphatic carbocycles. The number of carbonyl (C=O) groups is 3. The molecule has 0 aliphatic rings. The molecule has 0 aliphatic heterocycles. The molecule has 0 aromatic carbocycles. The second-order valence-corrected chi connectivity index (χ2v) is 18.6. The van der Waals surface area contributed by atoms with E-state index in [1.165, 1.54) is 109 Å². The molecule has 6 heteroatoms. The predicted molar refractivity (Wildman–Crippen MR) is 293 cm³/mol. The molecule has 0 radical (unpaired) electrons. The molecule has 0 fully saturated rings. The lowest BCUT2D eigenvalue weighted by Crippen LogP contribution is -2.30. The van der Waals surface area contributed by atoms with Gasteiger partial charge < -0.3 is 14.2 Å². The maximum absolute atomic E-state index is 12.8. The monoisotopic (exact) mass is 945 g/mol. The Morgan fingerprint density at radius 2 is 0.588 bits per heavy atom. The standard InChI is InChI=1S/C62H104O6/c1-4-7-10-13-16-19-22-25-27-29-31-33-34-37-40-43-46-49-52-55-61(64)67-58-59(57-66-60(63)54-51-48-45-42-39-36-24-21-18-15-12-9-6-3)68-62(65)56-53-50-47-44-41-38-35-32-30-28-26-23-20-17-14-11-8-5-2/h9,12,15,17-18,20-21,23-24,26,28-32,35,59H,4-8,10-11,13-14,16,19,22,25,27,33-34,36-58H2,1-3H3/b12-9-,18-15-,20-17-,24-21-,26-23-,30-28-,31-29-,35-32-. The van der Waals surface area contributed by atoms with Gasteiger partial charge in [0, 0.05) is 19.3 Å². The molecule has 0 spiro atoms. The summed E-state index contributed by atoms with van der Waals surface area (Å²) < 4.78 is 16.8. The Labute approximate surface area is 419 Å². The third-order valence-corrected chi connectivity index (χ3v) is 11.9. The fraction of sp³-hybridized carbons (Fsp3) is 0.694. The first kappa shape index (κ1) is 64.3. The summed E-state index contributed by atoms with van der Waals surface area (Å²) in [6.45, 7) is 6.43. The van der Waals surface area contributed by atoms with E-state index in [9.17, 15) is 14.4 Å². The molecule has 0 rings (SSSR count). The van der Waals surface area contributed by atoms with Gasteiger partial charge in [0.05, 0.1) is 0 Å². The van der Waals surface area contributed by atoms with E-state index in [1.807, 2.05) is 0 Å². The van der Waals surface area contributed by atoms with Gasteiger partial charge in [-0.05, 0) is 89.9 Å². The molecule has 0 saturated carbocycles. The Bertz CT molecular complexity index is 1360. The summed E-state index contributed by atoms with van der Waals surface area (Å²) in [7, 11) is 0. The van der Waals surface area contributed by atoms with Crippen molar-refractivity contribution in [2.75, 3.05) is 13.2 Å². The van der Waals surface area contributed by atoms with E-state index in [-0.39, 0.29) is 31.1 Å². The van der Waals surface area contributed by atoms with Gasteiger partial charge in [-0.3, -0.25) is 14.4 Å². The Hall–Kier alpha value is -3.67. The van der Waals surface area contributed by atoms with Crippen LogP contribution in [0.15, 0.2) is 97.2 Å². The van der Waals surface area contributed by atoms with E-state index >= 15 is 0 Å². The van der Waals surface area contributed by atoms with E-state index in [0.717, 1.165) is 109 Å². The molecule has 388 valence electrons. The maximum Gasteiger partial charge on any atom is 0.306 e. The van der Waals surface area contributed by atoms with Crippen LogP contribution in [0.25, 0.3) is 0 Å². The van der Waals surface area contributed by atoms with E-state index in [2.05, 4.69) is 118 Å². The second kappa shape index (κ2) is 55.9. The van der Waals surface area contributed by atoms with Crippen molar-refractivity contribution in [2.45, 2.75) is 264 Å². The number of ether oxygens (including phenoxy) is 3. The highest BCUT2D eigenvalue weighted by atomic mass is 16.6. The molecule has 0 N–H and O–H groups in total. The van der Waals surface area contributed by atoms with E-state index in [1.54, 1.807) is 0 Å². The molecule has 0 aromatic heterocycles. The molecule has 0 bridgehead atoms. The molecule has 1 atom stereocenters. The highest BCUT2D eigenvalue weighted by molar-refractivity contribution is 5.71. The van der Waals surface area contributed by atoms with Crippen LogP contribution in [0.5, 0.6) is 0 Å². The average molecular weight is 946 g/mol. The van der Waals surface area contributed by atoms with E-state index in [0.29, 0.717) is 19.3 Å². The van der Waals surface area contributed by atoms with Gasteiger partial charge in [-0.1, -0.05) is 246 Å². The molecule has 0 heterocycles. The van der Waals surface area contributed by atoms with E-state index in [4.69, 9.17) is 14.2 Å². The van der Waals surface area contributed by atoms with Crippen LogP contribution >= 0.6 is 0 Å². The quantitative estimate of drug-likeness (QED) is 0.0199. The van der Waals surface area contributed by atoms with Gasteiger partial charge in [0.1, 0.15) is 13.2 Å². The van der Waals surface area contributed by atoms with Crippen LogP contribution < -0.4 is 0 Å². The number of unbranched alkanes of at least 4 members (excludes halogenated alkanes) is 28. The van der Waals surface area contributed by atoms with Crippen molar-refractivity contribution in [3.05, 3.63) is 97.2 Å². The average Bonchev–Trinajstić information content (AvgIpc) is 3.34. The zero-order chi connectivity index (χ0) is 49.3. The van der Waals surface area contributed by atoms with Gasteiger partial charge >= 0.3 is 17.9 Å². The van der Waals surface area contributed by atoms with Crippen LogP contribution in [0.2, 0.25) is 0 Å². The highest BCUT2D eigenvalue weighted by Crippen LogP contribution is 2.15. The first-order valence-electron chi connectivity index (χ1n) is 28.3. The van der Waals surface area contributed by atoms with Gasteiger partial charge in [0.15, 0.2) is 6.10 Å². The van der Waals surface area contributed by atoms with Crippen LogP contribution in [-0.2, 0) is 28.6 Å². The first-order valence-corrected chi connectivity index (χ1v) is 28.3. The van der Waals surface area contributed by atoms with Gasteiger partial charge in [-0.25, -0.2) is 0 Å². The number of hydrogen-bond acceptors (Lipinski definition) is 6. The summed E-state index contributed by atoms with van der Waals surface area (Å²) in [6, 6.07) is 0. The predicted octanol–water partition coefficient (Wildman–Crippen LogP) is 18.9. The zero-order valence-corrected chi connectivity index (χ0v) is 44.3. The molecule has 0 saturated heterocycles. The van der Waals surface area contributed by atoms with Crippen molar-refractivity contribution >= 4 is 17.9 Å². The minimum absolute atomic E-state index is 0.0970. The Morgan fingerprint density at radius 3 is 0.971 bits per heavy atom. The molecule has 6 nitrogen and oxygen atoms in total. The fourth-order valence-electron chi connectivity index (χ4n) is 7.68. The van der Waals surface area contributed by atoms with Crippen molar-refractivity contribution in [3.8, 4) is 0 Å². The molecule has 0 amide bonds. The van der Waals surface area contributed by atoms with Gasteiger partial charge in [0.25, 0.3) is 0 Å². The van der Waals surface area contributed by atoms with Crippen LogP contribution in [0.4, 0.5) is 0 Å². The summed E-state index contributed by atoms with van der Waals surface area (Å²) in [6.07, 6.45) is 73.9. The van der Waals surface area contributed by atoms with Crippen molar-refractivity contribution in [1.82, 2.24) is 0 Å². The molecule has 68 heavy (non-hydrogen) atoms. The van der Waals surface area contributed by atoms with Crippen LogP contribution in [-0.4, -0.2) is 37.2 Å². The lowest BCUT2D eigenvalue weighted by molar-refractivity contribution is -0.167. The van der Waals surface area contributed by atoms with Crippen molar-refractivity contribution in [3.63, 3.8) is 0 Å². The van der Waals surface area contributed by atoms with Crippen LogP contribution in [0.1, 0.15) is 258 Å². The largest absolute Gasteiger partial charge is 0.462 e. The van der Waals surface area contributed by atoms with Crippen molar-refractivity contribution < 1.29 is 28.6 Å². The summed E-state index contributed by atoms with van der Waals surface area (Å²) in [5.41, 5.74) is 0. The van der Waals surface area contributed by atoms with Gasteiger partial charge in [-0.2, -0.15) is 0 Å². The minimum atomic E-state index is -0.802. The van der Waals surface area contributed by atoms with Crippen LogP contribution in [0.3, 0.4) is 0 Å². The highest BCUT2D eigenvalue weighted by Gasteiger charge is 2.19. The number of hydrogen-bond donors (Lipinski definition) is 0. The number of esters is 3. The molecular weight excluding hydrogens is 841 g/mol. The smallest absolute Gasteiger partial charge is 0.306 e. The Balaban J connectivity index is 4.45. The Morgan fingerprint density at radius 1 is 0.309 bits per heavy atom. The first-order chi connectivity index (χ1) is 33.5. The van der Waals surface area contributed by atoms with Gasteiger partial charge in [-0.15, -0.1) is 0 Å².